The number of amides is 1. The summed E-state index contributed by atoms with van der Waals surface area (Å²) < 4.78 is 10.7. The summed E-state index contributed by atoms with van der Waals surface area (Å²) in [4.78, 5) is 13.9. The molecule has 1 heterocycles. The van der Waals surface area contributed by atoms with Crippen LogP contribution in [0, 0.1) is 0 Å². The average molecular weight is 278 g/mol. The van der Waals surface area contributed by atoms with Crippen LogP contribution in [0.1, 0.15) is 5.56 Å². The summed E-state index contributed by atoms with van der Waals surface area (Å²) in [5, 5.41) is 3.26. The Bertz CT molecular complexity index is 427. The molecule has 1 atom stereocenters. The highest BCUT2D eigenvalue weighted by atomic mass is 16.5. The van der Waals surface area contributed by atoms with Gasteiger partial charge in [0.05, 0.1) is 26.2 Å². The first-order valence-electron chi connectivity index (χ1n) is 6.88. The summed E-state index contributed by atoms with van der Waals surface area (Å²) in [6.45, 7) is 3.04. The van der Waals surface area contributed by atoms with E-state index in [4.69, 9.17) is 9.47 Å². The van der Waals surface area contributed by atoms with Crippen LogP contribution in [-0.4, -0.2) is 57.3 Å². The van der Waals surface area contributed by atoms with Crippen molar-refractivity contribution in [3.63, 3.8) is 0 Å². The molecule has 0 bridgehead atoms. The number of benzene rings is 1. The summed E-state index contributed by atoms with van der Waals surface area (Å²) in [6.07, 6.45) is 0.495. The van der Waals surface area contributed by atoms with E-state index in [-0.39, 0.29) is 12.0 Å². The fourth-order valence-electron chi connectivity index (χ4n) is 2.20. The lowest BCUT2D eigenvalue weighted by atomic mass is 10.1. The van der Waals surface area contributed by atoms with Gasteiger partial charge in [-0.1, -0.05) is 12.1 Å². The Labute approximate surface area is 119 Å². The maximum absolute atomic E-state index is 12.2. The normalized spacial score (nSPS) is 18.6. The van der Waals surface area contributed by atoms with Crippen LogP contribution in [-0.2, 0) is 16.0 Å². The minimum atomic E-state index is 0.0913. The van der Waals surface area contributed by atoms with Crippen LogP contribution < -0.4 is 10.1 Å². The van der Waals surface area contributed by atoms with Crippen molar-refractivity contribution in [2.45, 2.75) is 12.5 Å². The van der Waals surface area contributed by atoms with Gasteiger partial charge in [-0.2, -0.15) is 0 Å². The number of hydrogen-bond donors (Lipinski definition) is 1. The molecule has 1 aliphatic heterocycles. The quantitative estimate of drug-likeness (QED) is 0.861. The minimum absolute atomic E-state index is 0.0913. The van der Waals surface area contributed by atoms with Gasteiger partial charge in [0.1, 0.15) is 5.75 Å². The van der Waals surface area contributed by atoms with E-state index in [9.17, 15) is 4.79 Å². The van der Waals surface area contributed by atoms with E-state index in [1.54, 1.807) is 12.0 Å². The first-order valence-corrected chi connectivity index (χ1v) is 6.88. The lowest BCUT2D eigenvalue weighted by Gasteiger charge is -2.28. The highest BCUT2D eigenvalue weighted by Gasteiger charge is 2.18. The molecule has 0 radical (unpaired) electrons. The van der Waals surface area contributed by atoms with Crippen molar-refractivity contribution < 1.29 is 14.3 Å². The van der Waals surface area contributed by atoms with Gasteiger partial charge in [0.25, 0.3) is 0 Å². The third-order valence-corrected chi connectivity index (χ3v) is 3.42. The summed E-state index contributed by atoms with van der Waals surface area (Å²) in [5.41, 5.74) is 0.991. The first-order chi connectivity index (χ1) is 9.69. The Morgan fingerprint density at radius 3 is 2.80 bits per heavy atom. The van der Waals surface area contributed by atoms with Crippen molar-refractivity contribution in [2.24, 2.45) is 0 Å². The van der Waals surface area contributed by atoms with Gasteiger partial charge in [-0.25, -0.2) is 0 Å². The summed E-state index contributed by atoms with van der Waals surface area (Å²) >= 11 is 0. The topological polar surface area (TPSA) is 50.8 Å². The number of morpholine rings is 1. The van der Waals surface area contributed by atoms with Crippen molar-refractivity contribution in [1.82, 2.24) is 10.2 Å². The van der Waals surface area contributed by atoms with Crippen molar-refractivity contribution in [3.8, 4) is 5.75 Å². The molecule has 1 fully saturated rings. The second-order valence-corrected chi connectivity index (χ2v) is 5.00. The maximum Gasteiger partial charge on any atom is 0.226 e. The van der Waals surface area contributed by atoms with E-state index in [0.29, 0.717) is 19.6 Å². The largest absolute Gasteiger partial charge is 0.497 e. The van der Waals surface area contributed by atoms with E-state index in [2.05, 4.69) is 5.32 Å². The second-order valence-electron chi connectivity index (χ2n) is 5.00. The number of hydrogen-bond acceptors (Lipinski definition) is 4. The lowest BCUT2D eigenvalue weighted by Crippen LogP contribution is -2.46. The molecule has 1 aromatic rings. The third kappa shape index (κ3) is 4.21. The number of methoxy groups -OCH3 is 1. The van der Waals surface area contributed by atoms with Gasteiger partial charge in [-0.05, 0) is 17.7 Å². The van der Waals surface area contributed by atoms with Gasteiger partial charge < -0.3 is 19.7 Å². The molecule has 0 saturated carbocycles. The number of nitrogens with one attached hydrogen (secondary N) is 1. The Hall–Kier alpha value is -1.59. The van der Waals surface area contributed by atoms with Gasteiger partial charge in [0, 0.05) is 26.7 Å². The molecule has 1 saturated heterocycles. The molecule has 1 amide bonds. The zero-order valence-electron chi connectivity index (χ0n) is 12.1. The molecule has 5 heteroatoms. The van der Waals surface area contributed by atoms with Crippen molar-refractivity contribution in [2.75, 3.05) is 40.4 Å². The second kappa shape index (κ2) is 7.26. The Kier molecular flexibility index (Phi) is 5.38. The van der Waals surface area contributed by atoms with Crippen LogP contribution >= 0.6 is 0 Å². The molecule has 0 spiro atoms. The number of carbonyl (C=O) groups excluding carboxylic acids is 1. The van der Waals surface area contributed by atoms with Crippen LogP contribution in [0.25, 0.3) is 0 Å². The number of likely N-dealkylation sites (N-methyl/N-ethyl adjacent to an activating group) is 1. The number of ether oxygens (including phenoxy) is 2. The molecule has 1 N–H and O–H groups in total. The molecule has 5 nitrogen and oxygen atoms in total. The monoisotopic (exact) mass is 278 g/mol. The summed E-state index contributed by atoms with van der Waals surface area (Å²) in [6, 6.07) is 7.58. The number of rotatable bonds is 5. The van der Waals surface area contributed by atoms with Crippen LogP contribution in [0.15, 0.2) is 24.3 Å². The highest BCUT2D eigenvalue weighted by Crippen LogP contribution is 2.12. The van der Waals surface area contributed by atoms with Crippen molar-refractivity contribution in [1.29, 1.82) is 0 Å². The molecule has 20 heavy (non-hydrogen) atoms. The van der Waals surface area contributed by atoms with Gasteiger partial charge in [-0.15, -0.1) is 0 Å². The Morgan fingerprint density at radius 2 is 2.20 bits per heavy atom. The van der Waals surface area contributed by atoms with Crippen LogP contribution in [0.2, 0.25) is 0 Å². The zero-order chi connectivity index (χ0) is 14.4. The lowest BCUT2D eigenvalue weighted by molar-refractivity contribution is -0.131. The van der Waals surface area contributed by atoms with E-state index in [0.717, 1.165) is 24.4 Å². The van der Waals surface area contributed by atoms with E-state index in [1.807, 2.05) is 31.3 Å². The SMILES string of the molecule is COc1ccc(CC(=O)N(C)CC2CNCCO2)cc1. The zero-order valence-corrected chi connectivity index (χ0v) is 12.1. The average Bonchev–Trinajstić information content (AvgIpc) is 2.49. The minimum Gasteiger partial charge on any atom is -0.497 e. The molecule has 1 aromatic carbocycles. The third-order valence-electron chi connectivity index (χ3n) is 3.42. The van der Waals surface area contributed by atoms with Gasteiger partial charge in [0.15, 0.2) is 0 Å². The molecule has 2 rings (SSSR count). The highest BCUT2D eigenvalue weighted by molar-refractivity contribution is 5.78. The fourth-order valence-corrected chi connectivity index (χ4v) is 2.20. The molecular weight excluding hydrogens is 256 g/mol. The predicted molar refractivity (Wildman–Crippen MR) is 76.9 cm³/mol. The molecule has 1 unspecified atom stereocenters. The van der Waals surface area contributed by atoms with Gasteiger partial charge in [0.2, 0.25) is 5.91 Å². The van der Waals surface area contributed by atoms with E-state index >= 15 is 0 Å². The number of carbonyl (C=O) groups is 1. The Morgan fingerprint density at radius 1 is 1.45 bits per heavy atom. The van der Waals surface area contributed by atoms with Gasteiger partial charge >= 0.3 is 0 Å². The molecule has 0 aliphatic carbocycles. The molecular formula is C15H22N2O3. The van der Waals surface area contributed by atoms with E-state index < -0.39 is 0 Å². The predicted octanol–water partition coefficient (Wildman–Crippen LogP) is 0.685. The smallest absolute Gasteiger partial charge is 0.226 e. The number of nitrogens with zero attached hydrogens (tertiary/aromatic N) is 1. The van der Waals surface area contributed by atoms with E-state index in [1.165, 1.54) is 0 Å². The fraction of sp³-hybridized carbons (Fsp3) is 0.533. The van der Waals surface area contributed by atoms with Gasteiger partial charge in [-0.3, -0.25) is 4.79 Å². The maximum atomic E-state index is 12.2. The van der Waals surface area contributed by atoms with Crippen molar-refractivity contribution >= 4 is 5.91 Å². The Balaban J connectivity index is 1.83. The first kappa shape index (κ1) is 14.8. The van der Waals surface area contributed by atoms with Crippen LogP contribution in [0.4, 0.5) is 0 Å². The molecule has 0 aromatic heterocycles. The van der Waals surface area contributed by atoms with Crippen LogP contribution in [0.3, 0.4) is 0 Å². The summed E-state index contributed by atoms with van der Waals surface area (Å²) in [5.74, 6) is 0.903. The summed E-state index contributed by atoms with van der Waals surface area (Å²) in [7, 11) is 3.45. The van der Waals surface area contributed by atoms with Crippen molar-refractivity contribution in [3.05, 3.63) is 29.8 Å². The van der Waals surface area contributed by atoms with Crippen LogP contribution in [0.5, 0.6) is 5.75 Å². The molecule has 110 valence electrons. The standard InChI is InChI=1S/C15H22N2O3/c1-17(11-14-10-16-7-8-20-14)15(18)9-12-3-5-13(19-2)6-4-12/h3-6,14,16H,7-11H2,1-2H3. The molecule has 1 aliphatic rings.